The van der Waals surface area contributed by atoms with E-state index in [1.807, 2.05) is 6.07 Å². The van der Waals surface area contributed by atoms with E-state index >= 15 is 0 Å². The number of unbranched alkanes of at least 4 members (excludes halogenated alkanes) is 4. The average molecular weight is 604 g/mol. The topological polar surface area (TPSA) is 160 Å². The molecule has 0 aliphatic carbocycles. The molecule has 1 saturated heterocycles. The molecule has 1 aromatic rings. The Morgan fingerprint density at radius 3 is 2.23 bits per heavy atom. The van der Waals surface area contributed by atoms with E-state index in [0.29, 0.717) is 43.5 Å². The highest BCUT2D eigenvalue weighted by Crippen LogP contribution is 2.28. The summed E-state index contributed by atoms with van der Waals surface area (Å²) in [5.74, 6) is -0.382. The zero-order valence-corrected chi connectivity index (χ0v) is 25.3. The van der Waals surface area contributed by atoms with Crippen molar-refractivity contribution < 1.29 is 48.7 Å². The maximum absolute atomic E-state index is 12.3. The smallest absolute Gasteiger partial charge is 0.311 e. The lowest BCUT2D eigenvalue weighted by Crippen LogP contribution is -2.54. The molecule has 1 aromatic carbocycles. The van der Waals surface area contributed by atoms with Gasteiger partial charge in [0.2, 0.25) is 6.29 Å². The SMILES string of the molecule is CC(C)(C)C(=O)OCc1ccc(CCCCCC(=O)CCCCCN2C(=O)C=CC2=O)cc1O[C@@H]1OC[C@@H](O)[C@H](O)[C@H]1O. The Kier molecular flexibility index (Phi) is 12.9. The third kappa shape index (κ3) is 10.5. The van der Waals surface area contributed by atoms with Gasteiger partial charge >= 0.3 is 5.97 Å². The van der Waals surface area contributed by atoms with Gasteiger partial charge in [0.05, 0.1) is 12.0 Å². The third-order valence-electron chi connectivity index (χ3n) is 7.46. The number of hydrogen-bond acceptors (Lipinski definition) is 10. The Labute approximate surface area is 252 Å². The van der Waals surface area contributed by atoms with Crippen molar-refractivity contribution in [2.45, 2.75) is 110 Å². The lowest BCUT2D eigenvalue weighted by molar-refractivity contribution is -0.242. The molecule has 2 aliphatic heterocycles. The molecule has 0 aromatic heterocycles. The fourth-order valence-electron chi connectivity index (χ4n) is 4.72. The second-order valence-electron chi connectivity index (χ2n) is 12.2. The number of nitrogens with zero attached hydrogens (tertiary/aromatic N) is 1. The van der Waals surface area contributed by atoms with E-state index in [-0.39, 0.29) is 36.8 Å². The molecule has 0 unspecified atom stereocenters. The minimum Gasteiger partial charge on any atom is -0.462 e. The maximum Gasteiger partial charge on any atom is 0.311 e. The summed E-state index contributed by atoms with van der Waals surface area (Å²) in [6.07, 6.45) is 3.60. The molecule has 0 bridgehead atoms. The minimum absolute atomic E-state index is 0.0481. The molecule has 2 heterocycles. The Hall–Kier alpha value is -3.12. The molecule has 4 atom stereocenters. The highest BCUT2D eigenvalue weighted by atomic mass is 16.7. The van der Waals surface area contributed by atoms with Crippen molar-refractivity contribution in [1.82, 2.24) is 4.90 Å². The molecule has 1 fully saturated rings. The number of ether oxygens (including phenoxy) is 3. The Balaban J connectivity index is 1.43. The number of carbonyl (C=O) groups is 4. The normalized spacial score (nSPS) is 22.2. The summed E-state index contributed by atoms with van der Waals surface area (Å²) in [5.41, 5.74) is 0.835. The van der Waals surface area contributed by atoms with Gasteiger partial charge in [-0.05, 0) is 64.5 Å². The molecule has 0 saturated carbocycles. The fourth-order valence-corrected chi connectivity index (χ4v) is 4.72. The van der Waals surface area contributed by atoms with Crippen molar-refractivity contribution in [2.24, 2.45) is 5.41 Å². The second-order valence-corrected chi connectivity index (χ2v) is 12.2. The van der Waals surface area contributed by atoms with Gasteiger partial charge in [-0.25, -0.2) is 0 Å². The van der Waals surface area contributed by atoms with Gasteiger partial charge in [0.25, 0.3) is 11.8 Å². The summed E-state index contributed by atoms with van der Waals surface area (Å²) >= 11 is 0. The molecule has 3 rings (SSSR count). The van der Waals surface area contributed by atoms with Crippen LogP contribution in [0.5, 0.6) is 5.75 Å². The van der Waals surface area contributed by atoms with Gasteiger partial charge in [-0.15, -0.1) is 0 Å². The van der Waals surface area contributed by atoms with Gasteiger partial charge in [0.1, 0.15) is 36.5 Å². The molecule has 2 aliphatic rings. The van der Waals surface area contributed by atoms with Crippen molar-refractivity contribution in [2.75, 3.05) is 13.2 Å². The molecule has 2 amide bonds. The summed E-state index contributed by atoms with van der Waals surface area (Å²) in [5, 5.41) is 30.1. The molecule has 11 heteroatoms. The molecule has 11 nitrogen and oxygen atoms in total. The van der Waals surface area contributed by atoms with Gasteiger partial charge in [-0.2, -0.15) is 0 Å². The van der Waals surface area contributed by atoms with Crippen LogP contribution < -0.4 is 4.74 Å². The predicted octanol–water partition coefficient (Wildman–Crippen LogP) is 2.75. The van der Waals surface area contributed by atoms with Crippen LogP contribution in [0.4, 0.5) is 0 Å². The lowest BCUT2D eigenvalue weighted by atomic mass is 9.97. The maximum atomic E-state index is 12.3. The summed E-state index contributed by atoms with van der Waals surface area (Å²) in [7, 11) is 0. The molecular formula is C32H45NO10. The first-order valence-corrected chi connectivity index (χ1v) is 15.0. The van der Waals surface area contributed by atoms with E-state index in [0.717, 1.165) is 37.7 Å². The number of rotatable bonds is 16. The number of esters is 1. The van der Waals surface area contributed by atoms with Crippen molar-refractivity contribution in [1.29, 1.82) is 0 Å². The van der Waals surface area contributed by atoms with Crippen LogP contribution in [0.25, 0.3) is 0 Å². The number of imide groups is 1. The largest absolute Gasteiger partial charge is 0.462 e. The second kappa shape index (κ2) is 16.1. The van der Waals surface area contributed by atoms with Crippen LogP contribution in [0.3, 0.4) is 0 Å². The standard InChI is InChI=1S/C32H45NO10/c1-32(2,3)31(40)42-19-22-14-13-21(18-25(22)43-30-29(39)28(38)24(35)20-41-30)10-6-4-7-11-23(34)12-8-5-9-17-33-26(36)15-16-27(33)37/h13-16,18,24,28-30,35,38-39H,4-12,17,19-20H2,1-3H3/t24-,28+,29-,30+/m1/s1. The fraction of sp³-hybridized carbons (Fsp3) is 0.625. The number of Topliss-reactive ketones (excluding diaryl/α,β-unsaturated/α-hetero) is 1. The first-order chi connectivity index (χ1) is 20.4. The summed E-state index contributed by atoms with van der Waals surface area (Å²) in [4.78, 5) is 48.9. The zero-order chi connectivity index (χ0) is 31.6. The first-order valence-electron chi connectivity index (χ1n) is 15.0. The Morgan fingerprint density at radius 1 is 0.930 bits per heavy atom. The molecule has 0 radical (unpaired) electrons. The lowest BCUT2D eigenvalue weighted by Gasteiger charge is -2.35. The van der Waals surface area contributed by atoms with Gasteiger partial charge < -0.3 is 29.5 Å². The van der Waals surface area contributed by atoms with Crippen LogP contribution in [0, 0.1) is 5.41 Å². The Morgan fingerprint density at radius 2 is 1.58 bits per heavy atom. The summed E-state index contributed by atoms with van der Waals surface area (Å²) < 4.78 is 16.8. The Bertz CT molecular complexity index is 1140. The van der Waals surface area contributed by atoms with Crippen molar-refractivity contribution in [3.8, 4) is 5.75 Å². The number of ketones is 1. The first kappa shape index (κ1) is 34.4. The van der Waals surface area contributed by atoms with Gasteiger partial charge in [0, 0.05) is 37.1 Å². The van der Waals surface area contributed by atoms with E-state index in [1.54, 1.807) is 32.9 Å². The number of hydrogen-bond donors (Lipinski definition) is 3. The number of benzene rings is 1. The van der Waals surface area contributed by atoms with Crippen LogP contribution in [0.1, 0.15) is 83.3 Å². The van der Waals surface area contributed by atoms with Crippen LogP contribution in [-0.4, -0.2) is 81.5 Å². The summed E-state index contributed by atoms with van der Waals surface area (Å²) in [6.45, 7) is 5.40. The average Bonchev–Trinajstić information content (AvgIpc) is 3.28. The molecular weight excluding hydrogens is 558 g/mol. The highest BCUT2D eigenvalue weighted by Gasteiger charge is 2.39. The monoisotopic (exact) mass is 603 g/mol. The molecule has 3 N–H and O–H groups in total. The van der Waals surface area contributed by atoms with Crippen LogP contribution in [-0.2, 0) is 41.7 Å². The van der Waals surface area contributed by atoms with Crippen molar-refractivity contribution >= 4 is 23.6 Å². The predicted molar refractivity (Wildman–Crippen MR) is 156 cm³/mol. The van der Waals surface area contributed by atoms with Gasteiger partial charge in [-0.3, -0.25) is 24.1 Å². The number of aliphatic hydroxyl groups is 3. The molecule has 238 valence electrons. The number of aliphatic hydroxyl groups excluding tert-OH is 3. The van der Waals surface area contributed by atoms with Gasteiger partial charge in [0.15, 0.2) is 0 Å². The van der Waals surface area contributed by atoms with Gasteiger partial charge in [-0.1, -0.05) is 25.0 Å². The van der Waals surface area contributed by atoms with Crippen molar-refractivity contribution in [3.63, 3.8) is 0 Å². The zero-order valence-electron chi connectivity index (χ0n) is 25.3. The van der Waals surface area contributed by atoms with E-state index in [2.05, 4.69) is 0 Å². The van der Waals surface area contributed by atoms with Crippen LogP contribution in [0.15, 0.2) is 30.4 Å². The van der Waals surface area contributed by atoms with E-state index < -0.39 is 30.0 Å². The highest BCUT2D eigenvalue weighted by molar-refractivity contribution is 6.12. The summed E-state index contributed by atoms with van der Waals surface area (Å²) in [6, 6.07) is 5.49. The molecule has 43 heavy (non-hydrogen) atoms. The number of carbonyl (C=O) groups excluding carboxylic acids is 4. The van der Waals surface area contributed by atoms with Crippen molar-refractivity contribution in [3.05, 3.63) is 41.5 Å². The van der Waals surface area contributed by atoms with E-state index in [9.17, 15) is 34.5 Å². The van der Waals surface area contributed by atoms with E-state index in [1.165, 1.54) is 17.1 Å². The van der Waals surface area contributed by atoms with Crippen LogP contribution >= 0.6 is 0 Å². The van der Waals surface area contributed by atoms with E-state index in [4.69, 9.17) is 14.2 Å². The number of aryl methyl sites for hydroxylation is 1. The number of amides is 2. The third-order valence-corrected chi connectivity index (χ3v) is 7.46. The minimum atomic E-state index is -1.47. The quantitative estimate of drug-likeness (QED) is 0.146. The van der Waals surface area contributed by atoms with Crippen LogP contribution in [0.2, 0.25) is 0 Å². The molecule has 0 spiro atoms.